The predicted octanol–water partition coefficient (Wildman–Crippen LogP) is 6.12. The second kappa shape index (κ2) is 8.62. The minimum atomic E-state index is -0.382. The lowest BCUT2D eigenvalue weighted by atomic mass is 10.1. The number of aromatic nitrogens is 4. The van der Waals surface area contributed by atoms with Crippen LogP contribution in [0.15, 0.2) is 36.4 Å². The highest BCUT2D eigenvalue weighted by Crippen LogP contribution is 2.37. The first-order valence-electron chi connectivity index (χ1n) is 9.60. The van der Waals surface area contributed by atoms with Crippen molar-refractivity contribution in [2.24, 2.45) is 0 Å². The van der Waals surface area contributed by atoms with Gasteiger partial charge in [-0.15, -0.1) is 21.5 Å². The Morgan fingerprint density at radius 2 is 1.94 bits per heavy atom. The first-order valence-corrected chi connectivity index (χ1v) is 12.4. The van der Waals surface area contributed by atoms with Crippen LogP contribution in [0, 0.1) is 13.8 Å². The van der Waals surface area contributed by atoms with Crippen molar-refractivity contribution in [1.29, 1.82) is 0 Å². The highest BCUT2D eigenvalue weighted by Gasteiger charge is 2.19. The molecule has 0 radical (unpaired) electrons. The zero-order chi connectivity index (χ0) is 23.3. The van der Waals surface area contributed by atoms with Crippen LogP contribution in [0.5, 0.6) is 0 Å². The first kappa shape index (κ1) is 22.2. The largest absolute Gasteiger partial charge is 0.332 e. The smallest absolute Gasteiger partial charge is 0.269 e. The molecule has 0 bridgehead atoms. The summed E-state index contributed by atoms with van der Waals surface area (Å²) in [6.45, 7) is 3.82. The number of nitrogens with one attached hydrogen (secondary N) is 2. The number of aryl methyl sites for hydroxylation is 1. The number of thiophene rings is 1. The fourth-order valence-corrected chi connectivity index (χ4v) is 6.18. The fourth-order valence-electron chi connectivity index (χ4n) is 3.32. The quantitative estimate of drug-likeness (QED) is 0.272. The van der Waals surface area contributed by atoms with Crippen LogP contribution >= 0.6 is 58.1 Å². The molecule has 12 heteroatoms. The van der Waals surface area contributed by atoms with E-state index in [9.17, 15) is 4.79 Å². The van der Waals surface area contributed by atoms with Gasteiger partial charge in [0, 0.05) is 26.4 Å². The van der Waals surface area contributed by atoms with Crippen molar-refractivity contribution < 1.29 is 4.79 Å². The van der Waals surface area contributed by atoms with Crippen molar-refractivity contribution in [3.63, 3.8) is 0 Å². The SMILES string of the molecule is Cc1c(NC(=S)NC(=O)c2sc3cc(Cl)ccc3c2Cl)cccc1-c1nn2c(C)nnc2s1. The van der Waals surface area contributed by atoms with Gasteiger partial charge < -0.3 is 5.32 Å². The zero-order valence-electron chi connectivity index (χ0n) is 17.1. The molecule has 3 heterocycles. The van der Waals surface area contributed by atoms with E-state index in [4.69, 9.17) is 35.4 Å². The summed E-state index contributed by atoms with van der Waals surface area (Å²) in [5, 5.41) is 21.3. The molecular formula is C21H14Cl2N6OS3. The van der Waals surface area contributed by atoms with E-state index >= 15 is 0 Å². The lowest BCUT2D eigenvalue weighted by molar-refractivity contribution is 0.0982. The number of nitrogens with zero attached hydrogens (tertiary/aromatic N) is 4. The Kier molecular flexibility index (Phi) is 5.79. The summed E-state index contributed by atoms with van der Waals surface area (Å²) < 4.78 is 2.55. The molecule has 7 nitrogen and oxygen atoms in total. The van der Waals surface area contributed by atoms with Crippen LogP contribution in [0.3, 0.4) is 0 Å². The molecule has 0 saturated carbocycles. The number of hydrogen-bond donors (Lipinski definition) is 2. The number of anilines is 1. The van der Waals surface area contributed by atoms with E-state index in [1.54, 1.807) is 22.7 Å². The molecule has 33 heavy (non-hydrogen) atoms. The minimum Gasteiger partial charge on any atom is -0.332 e. The Hall–Kier alpha value is -2.63. The number of rotatable bonds is 3. The molecule has 3 aromatic heterocycles. The van der Waals surface area contributed by atoms with E-state index in [1.165, 1.54) is 22.7 Å². The topological polar surface area (TPSA) is 84.2 Å². The number of carbonyl (C=O) groups is 1. The van der Waals surface area contributed by atoms with Crippen LogP contribution in [0.1, 0.15) is 21.1 Å². The standard InChI is InChI=1S/C21H14Cl2N6OS3/c1-9-12(19-28-29-10(2)26-27-21(29)33-19)4-3-5-14(9)24-20(31)25-18(30)17-16(23)13-7-6-11(22)8-15(13)32-17/h3-8H,1-2H3,(H2,24,25,30,31). The fraction of sp³-hybridized carbons (Fsp3) is 0.0952. The summed E-state index contributed by atoms with van der Waals surface area (Å²) in [4.78, 5) is 13.9. The van der Waals surface area contributed by atoms with E-state index in [1.807, 2.05) is 32.0 Å². The summed E-state index contributed by atoms with van der Waals surface area (Å²) in [5.74, 6) is 0.346. The molecule has 0 fully saturated rings. The average molecular weight is 533 g/mol. The summed E-state index contributed by atoms with van der Waals surface area (Å²) in [7, 11) is 0. The van der Waals surface area contributed by atoms with Crippen molar-refractivity contribution >= 4 is 89.8 Å². The monoisotopic (exact) mass is 532 g/mol. The molecule has 0 aliphatic rings. The number of fused-ring (bicyclic) bond motifs is 2. The van der Waals surface area contributed by atoms with Gasteiger partial charge in [0.15, 0.2) is 10.9 Å². The molecule has 5 rings (SSSR count). The maximum absolute atomic E-state index is 12.8. The Morgan fingerprint density at radius 3 is 2.73 bits per heavy atom. The maximum Gasteiger partial charge on any atom is 0.269 e. The van der Waals surface area contributed by atoms with Crippen LogP contribution in [0.25, 0.3) is 25.6 Å². The van der Waals surface area contributed by atoms with Crippen molar-refractivity contribution in [3.8, 4) is 10.6 Å². The molecule has 2 N–H and O–H groups in total. The van der Waals surface area contributed by atoms with E-state index in [0.29, 0.717) is 14.9 Å². The van der Waals surface area contributed by atoms with Gasteiger partial charge in [0.2, 0.25) is 4.96 Å². The van der Waals surface area contributed by atoms with Crippen LogP contribution in [0.2, 0.25) is 10.0 Å². The number of hydrogen-bond acceptors (Lipinski definition) is 7. The third kappa shape index (κ3) is 4.09. The number of thiocarbonyl (C=S) groups is 1. The number of halogens is 2. The Balaban J connectivity index is 1.36. The van der Waals surface area contributed by atoms with Gasteiger partial charge in [0.05, 0.1) is 5.02 Å². The Labute approximate surface area is 211 Å². The normalized spacial score (nSPS) is 11.3. The molecule has 0 unspecified atom stereocenters. The molecule has 166 valence electrons. The second-order valence-electron chi connectivity index (χ2n) is 7.12. The van der Waals surface area contributed by atoms with Crippen molar-refractivity contribution in [1.82, 2.24) is 25.1 Å². The third-order valence-corrected chi connectivity index (χ3v) is 8.01. The minimum absolute atomic E-state index is 0.167. The Morgan fingerprint density at radius 1 is 1.12 bits per heavy atom. The van der Waals surface area contributed by atoms with Crippen molar-refractivity contribution in [2.45, 2.75) is 13.8 Å². The van der Waals surface area contributed by atoms with Gasteiger partial charge in [-0.2, -0.15) is 9.61 Å². The van der Waals surface area contributed by atoms with Gasteiger partial charge in [-0.1, -0.05) is 52.7 Å². The van der Waals surface area contributed by atoms with E-state index in [-0.39, 0.29) is 11.0 Å². The maximum atomic E-state index is 12.8. The molecular weight excluding hydrogens is 519 g/mol. The molecule has 0 aliphatic carbocycles. The molecule has 2 aromatic carbocycles. The van der Waals surface area contributed by atoms with E-state index in [0.717, 1.165) is 42.7 Å². The van der Waals surface area contributed by atoms with Gasteiger partial charge in [-0.05, 0) is 49.8 Å². The van der Waals surface area contributed by atoms with Gasteiger partial charge in [0.1, 0.15) is 9.88 Å². The lowest BCUT2D eigenvalue weighted by Gasteiger charge is -2.13. The molecule has 0 spiro atoms. The van der Waals surface area contributed by atoms with Gasteiger partial charge in [0.25, 0.3) is 5.91 Å². The van der Waals surface area contributed by atoms with Crippen LogP contribution in [0.4, 0.5) is 5.69 Å². The summed E-state index contributed by atoms with van der Waals surface area (Å²) in [6, 6.07) is 11.1. The summed E-state index contributed by atoms with van der Waals surface area (Å²) >= 11 is 20.6. The summed E-state index contributed by atoms with van der Waals surface area (Å²) in [5.41, 5.74) is 2.63. The van der Waals surface area contributed by atoms with Gasteiger partial charge >= 0.3 is 0 Å². The van der Waals surface area contributed by atoms with E-state index < -0.39 is 0 Å². The molecule has 0 aliphatic heterocycles. The summed E-state index contributed by atoms with van der Waals surface area (Å²) in [6.07, 6.45) is 0. The lowest BCUT2D eigenvalue weighted by Crippen LogP contribution is -2.34. The van der Waals surface area contributed by atoms with Crippen LogP contribution in [-0.2, 0) is 0 Å². The van der Waals surface area contributed by atoms with Gasteiger partial charge in [-0.3, -0.25) is 10.1 Å². The molecule has 0 atom stereocenters. The van der Waals surface area contributed by atoms with Crippen LogP contribution < -0.4 is 10.6 Å². The molecule has 0 saturated heterocycles. The first-order chi connectivity index (χ1) is 15.8. The predicted molar refractivity (Wildman–Crippen MR) is 139 cm³/mol. The molecule has 5 aromatic rings. The third-order valence-electron chi connectivity index (χ3n) is 4.98. The average Bonchev–Trinajstić information content (AvgIpc) is 3.44. The number of carbonyl (C=O) groups excluding carboxylic acids is 1. The van der Waals surface area contributed by atoms with Crippen molar-refractivity contribution in [3.05, 3.63) is 62.7 Å². The number of benzene rings is 2. The van der Waals surface area contributed by atoms with Gasteiger partial charge in [-0.25, -0.2) is 0 Å². The second-order valence-corrected chi connectivity index (χ2v) is 10.4. The van der Waals surface area contributed by atoms with Crippen molar-refractivity contribution in [2.75, 3.05) is 5.32 Å². The molecule has 1 amide bonds. The highest BCUT2D eigenvalue weighted by molar-refractivity contribution is 7.80. The van der Waals surface area contributed by atoms with Crippen LogP contribution in [-0.4, -0.2) is 30.8 Å². The number of amides is 1. The highest BCUT2D eigenvalue weighted by atomic mass is 35.5. The van der Waals surface area contributed by atoms with E-state index in [2.05, 4.69) is 25.9 Å². The Bertz CT molecular complexity index is 1570. The zero-order valence-corrected chi connectivity index (χ0v) is 21.1.